The Morgan fingerprint density at radius 2 is 2.33 bits per heavy atom. The predicted octanol–water partition coefficient (Wildman–Crippen LogP) is 2.72. The number of hydrogen-bond acceptors (Lipinski definition) is 5. The van der Waals surface area contributed by atoms with Crippen molar-refractivity contribution in [2.24, 2.45) is 0 Å². The summed E-state index contributed by atoms with van der Waals surface area (Å²) in [5.74, 6) is -0.145. The molecule has 7 heteroatoms. The summed E-state index contributed by atoms with van der Waals surface area (Å²) in [6.07, 6.45) is 5.13. The molecule has 5 nitrogen and oxygen atoms in total. The highest BCUT2D eigenvalue weighted by Gasteiger charge is 2.04. The zero-order chi connectivity index (χ0) is 14.5. The number of rotatable bonds is 5. The zero-order valence-electron chi connectivity index (χ0n) is 11.0. The largest absolute Gasteiger partial charge is 0.347 e. The molecule has 0 bridgehead atoms. The van der Waals surface area contributed by atoms with Crippen LogP contribution in [-0.4, -0.2) is 20.9 Å². The molecule has 3 rings (SSSR count). The third-order valence-electron chi connectivity index (χ3n) is 2.70. The van der Waals surface area contributed by atoms with E-state index in [4.69, 9.17) is 0 Å². The van der Waals surface area contributed by atoms with Crippen molar-refractivity contribution in [2.45, 2.75) is 6.54 Å². The fraction of sp³-hybridized carbons (Fsp3) is 0.0714. The van der Waals surface area contributed by atoms with E-state index in [0.717, 1.165) is 16.3 Å². The summed E-state index contributed by atoms with van der Waals surface area (Å²) in [6, 6.07) is 5.87. The van der Waals surface area contributed by atoms with E-state index in [0.29, 0.717) is 6.54 Å². The molecule has 0 atom stereocenters. The standard InChI is InChI=1S/C14H12N4OS2/c19-14(4-3-13-2-1-6-21-13)15-8-11-9-18(17-16-11)12-5-7-20-10-12/h1-7,9-10H,8H2,(H,15,19). The highest BCUT2D eigenvalue weighted by molar-refractivity contribution is 7.10. The second-order valence-corrected chi connectivity index (χ2v) is 5.96. The smallest absolute Gasteiger partial charge is 0.244 e. The maximum atomic E-state index is 11.7. The molecule has 3 aromatic heterocycles. The third-order valence-corrected chi connectivity index (χ3v) is 4.21. The minimum absolute atomic E-state index is 0.145. The minimum Gasteiger partial charge on any atom is -0.347 e. The molecule has 0 aliphatic heterocycles. The van der Waals surface area contributed by atoms with Crippen LogP contribution in [0.5, 0.6) is 0 Å². The van der Waals surface area contributed by atoms with Crippen molar-refractivity contribution in [3.63, 3.8) is 0 Å². The quantitative estimate of drug-likeness (QED) is 0.736. The maximum absolute atomic E-state index is 11.7. The van der Waals surface area contributed by atoms with Crippen LogP contribution in [-0.2, 0) is 11.3 Å². The Balaban J connectivity index is 1.54. The second kappa shape index (κ2) is 6.47. The van der Waals surface area contributed by atoms with Gasteiger partial charge in [-0.05, 0) is 29.0 Å². The first kappa shape index (κ1) is 13.7. The third kappa shape index (κ3) is 3.65. The van der Waals surface area contributed by atoms with Gasteiger partial charge in [-0.25, -0.2) is 4.68 Å². The van der Waals surface area contributed by atoms with E-state index in [2.05, 4.69) is 15.6 Å². The Bertz CT molecular complexity index is 729. The molecule has 0 saturated carbocycles. The van der Waals surface area contributed by atoms with Gasteiger partial charge in [-0.15, -0.1) is 16.4 Å². The molecule has 0 spiro atoms. The highest BCUT2D eigenvalue weighted by Crippen LogP contribution is 2.11. The summed E-state index contributed by atoms with van der Waals surface area (Å²) >= 11 is 3.19. The second-order valence-electron chi connectivity index (χ2n) is 4.20. The van der Waals surface area contributed by atoms with Crippen LogP contribution in [0.1, 0.15) is 10.6 Å². The van der Waals surface area contributed by atoms with Crippen molar-refractivity contribution in [3.8, 4) is 5.69 Å². The van der Waals surface area contributed by atoms with Crippen LogP contribution >= 0.6 is 22.7 Å². The van der Waals surface area contributed by atoms with E-state index in [-0.39, 0.29) is 5.91 Å². The van der Waals surface area contributed by atoms with Crippen molar-refractivity contribution in [1.82, 2.24) is 20.3 Å². The molecule has 0 aromatic carbocycles. The Hall–Kier alpha value is -2.25. The SMILES string of the molecule is O=C(C=Cc1cccs1)NCc1cn(-c2ccsc2)nn1. The van der Waals surface area contributed by atoms with E-state index >= 15 is 0 Å². The van der Waals surface area contributed by atoms with Crippen LogP contribution in [0.4, 0.5) is 0 Å². The molecule has 0 saturated heterocycles. The number of thiophene rings is 2. The van der Waals surface area contributed by atoms with Crippen molar-refractivity contribution in [1.29, 1.82) is 0 Å². The van der Waals surface area contributed by atoms with Gasteiger partial charge in [-0.3, -0.25) is 4.79 Å². The predicted molar refractivity (Wildman–Crippen MR) is 84.4 cm³/mol. The van der Waals surface area contributed by atoms with Crippen LogP contribution in [0.3, 0.4) is 0 Å². The van der Waals surface area contributed by atoms with Crippen LogP contribution in [0.25, 0.3) is 11.8 Å². The zero-order valence-corrected chi connectivity index (χ0v) is 12.6. The normalized spacial score (nSPS) is 11.0. The molecular formula is C14H12N4OS2. The van der Waals surface area contributed by atoms with Gasteiger partial charge >= 0.3 is 0 Å². The van der Waals surface area contributed by atoms with Gasteiger partial charge in [0.25, 0.3) is 0 Å². The highest BCUT2D eigenvalue weighted by atomic mass is 32.1. The summed E-state index contributed by atoms with van der Waals surface area (Å²) in [5.41, 5.74) is 1.70. The Morgan fingerprint density at radius 3 is 3.10 bits per heavy atom. The van der Waals surface area contributed by atoms with Gasteiger partial charge in [0.15, 0.2) is 0 Å². The summed E-state index contributed by atoms with van der Waals surface area (Å²) in [5, 5.41) is 16.8. The number of nitrogens with one attached hydrogen (secondary N) is 1. The minimum atomic E-state index is -0.145. The Kier molecular flexibility index (Phi) is 4.23. The molecule has 0 unspecified atom stereocenters. The molecule has 106 valence electrons. The van der Waals surface area contributed by atoms with Gasteiger partial charge < -0.3 is 5.32 Å². The molecule has 3 aromatic rings. The molecule has 3 heterocycles. The van der Waals surface area contributed by atoms with E-state index in [1.165, 1.54) is 6.08 Å². The molecule has 0 fully saturated rings. The van der Waals surface area contributed by atoms with Crippen molar-refractivity contribution >= 4 is 34.7 Å². The van der Waals surface area contributed by atoms with Crippen LogP contribution < -0.4 is 5.32 Å². The van der Waals surface area contributed by atoms with Gasteiger partial charge in [0, 0.05) is 16.3 Å². The summed E-state index contributed by atoms with van der Waals surface area (Å²) in [7, 11) is 0. The average molecular weight is 316 g/mol. The Labute approximate surface area is 129 Å². The summed E-state index contributed by atoms with van der Waals surface area (Å²) in [6.45, 7) is 0.359. The number of nitrogens with zero attached hydrogens (tertiary/aromatic N) is 3. The van der Waals surface area contributed by atoms with Gasteiger partial charge in [0.05, 0.1) is 18.4 Å². The Morgan fingerprint density at radius 1 is 1.38 bits per heavy atom. The monoisotopic (exact) mass is 316 g/mol. The topological polar surface area (TPSA) is 59.8 Å². The molecular weight excluding hydrogens is 304 g/mol. The number of aromatic nitrogens is 3. The van der Waals surface area contributed by atoms with Crippen molar-refractivity contribution in [3.05, 3.63) is 57.2 Å². The number of carbonyl (C=O) groups is 1. The number of carbonyl (C=O) groups excluding carboxylic acids is 1. The van der Waals surface area contributed by atoms with E-state index in [9.17, 15) is 4.79 Å². The fourth-order valence-electron chi connectivity index (χ4n) is 1.67. The lowest BCUT2D eigenvalue weighted by Crippen LogP contribution is -2.20. The van der Waals surface area contributed by atoms with E-state index < -0.39 is 0 Å². The van der Waals surface area contributed by atoms with Crippen molar-refractivity contribution < 1.29 is 4.79 Å². The average Bonchev–Trinajstić information content (AvgIpc) is 3.24. The maximum Gasteiger partial charge on any atom is 0.244 e. The number of amides is 1. The molecule has 0 aliphatic carbocycles. The molecule has 0 aliphatic rings. The van der Waals surface area contributed by atoms with E-state index in [1.54, 1.807) is 33.4 Å². The van der Waals surface area contributed by atoms with Crippen LogP contribution in [0, 0.1) is 0 Å². The van der Waals surface area contributed by atoms with Crippen molar-refractivity contribution in [2.75, 3.05) is 0 Å². The number of hydrogen-bond donors (Lipinski definition) is 1. The van der Waals surface area contributed by atoms with Crippen LogP contribution in [0.15, 0.2) is 46.6 Å². The lowest BCUT2D eigenvalue weighted by atomic mass is 10.4. The molecule has 1 amide bonds. The molecule has 21 heavy (non-hydrogen) atoms. The lowest BCUT2D eigenvalue weighted by Gasteiger charge is -1.97. The van der Waals surface area contributed by atoms with Gasteiger partial charge in [-0.2, -0.15) is 11.3 Å². The first-order chi connectivity index (χ1) is 10.3. The van der Waals surface area contributed by atoms with Crippen LogP contribution in [0.2, 0.25) is 0 Å². The first-order valence-electron chi connectivity index (χ1n) is 6.24. The first-order valence-corrected chi connectivity index (χ1v) is 8.07. The van der Waals surface area contributed by atoms with E-state index in [1.807, 2.05) is 40.5 Å². The van der Waals surface area contributed by atoms with Gasteiger partial charge in [-0.1, -0.05) is 11.3 Å². The molecule has 1 N–H and O–H groups in total. The summed E-state index contributed by atoms with van der Waals surface area (Å²) in [4.78, 5) is 12.8. The summed E-state index contributed by atoms with van der Waals surface area (Å²) < 4.78 is 1.69. The fourth-order valence-corrected chi connectivity index (χ4v) is 2.91. The molecule has 0 radical (unpaired) electrons. The van der Waals surface area contributed by atoms with Gasteiger partial charge in [0.1, 0.15) is 5.69 Å². The lowest BCUT2D eigenvalue weighted by molar-refractivity contribution is -0.116. The van der Waals surface area contributed by atoms with Gasteiger partial charge in [0.2, 0.25) is 5.91 Å².